The van der Waals surface area contributed by atoms with Crippen molar-refractivity contribution in [3.8, 4) is 0 Å². The van der Waals surface area contributed by atoms with Crippen LogP contribution in [0.3, 0.4) is 0 Å². The third-order valence-electron chi connectivity index (χ3n) is 2.77. The lowest BCUT2D eigenvalue weighted by atomic mass is 10.2. The van der Waals surface area contributed by atoms with Crippen LogP contribution in [-0.2, 0) is 15.9 Å². The van der Waals surface area contributed by atoms with Crippen LogP contribution in [0.4, 0.5) is 0 Å². The van der Waals surface area contributed by atoms with E-state index in [0.29, 0.717) is 23.7 Å². The predicted molar refractivity (Wildman–Crippen MR) is 77.1 cm³/mol. The fraction of sp³-hybridized carbons (Fsp3) is 0.455. The SMILES string of the molecule is O=S(=O)(c1ccc(Cl)c(CCl)c1)N1CCSCC1. The van der Waals surface area contributed by atoms with E-state index < -0.39 is 10.0 Å². The summed E-state index contributed by atoms with van der Waals surface area (Å²) >= 11 is 13.5. The molecule has 0 unspecified atom stereocenters. The molecule has 0 bridgehead atoms. The minimum Gasteiger partial charge on any atom is -0.207 e. The summed E-state index contributed by atoms with van der Waals surface area (Å²) in [6.45, 7) is 1.12. The first-order valence-corrected chi connectivity index (χ1v) is 8.98. The molecule has 1 fully saturated rings. The van der Waals surface area contributed by atoms with Gasteiger partial charge in [0.2, 0.25) is 10.0 Å². The molecule has 3 nitrogen and oxygen atoms in total. The van der Waals surface area contributed by atoms with Crippen molar-refractivity contribution < 1.29 is 8.42 Å². The minimum atomic E-state index is -3.41. The van der Waals surface area contributed by atoms with E-state index in [1.165, 1.54) is 10.4 Å². The number of halogens is 2. The molecule has 100 valence electrons. The van der Waals surface area contributed by atoms with E-state index in [9.17, 15) is 8.42 Å². The van der Waals surface area contributed by atoms with Gasteiger partial charge < -0.3 is 0 Å². The summed E-state index contributed by atoms with van der Waals surface area (Å²) in [6, 6.07) is 4.69. The van der Waals surface area contributed by atoms with Crippen molar-refractivity contribution >= 4 is 45.0 Å². The molecule has 7 heteroatoms. The molecular formula is C11H13Cl2NO2S2. The lowest BCUT2D eigenvalue weighted by Crippen LogP contribution is -2.37. The Morgan fingerprint density at radius 2 is 1.94 bits per heavy atom. The number of alkyl halides is 1. The fourth-order valence-corrected chi connectivity index (χ4v) is 4.85. The number of hydrogen-bond acceptors (Lipinski definition) is 3. The monoisotopic (exact) mass is 325 g/mol. The van der Waals surface area contributed by atoms with Gasteiger partial charge in [-0.1, -0.05) is 11.6 Å². The van der Waals surface area contributed by atoms with E-state index in [-0.39, 0.29) is 10.8 Å². The van der Waals surface area contributed by atoms with Crippen molar-refractivity contribution in [2.45, 2.75) is 10.8 Å². The molecule has 2 rings (SSSR count). The summed E-state index contributed by atoms with van der Waals surface area (Å²) in [5.74, 6) is 1.89. The van der Waals surface area contributed by atoms with Gasteiger partial charge in [-0.05, 0) is 23.8 Å². The van der Waals surface area contributed by atoms with Gasteiger partial charge >= 0.3 is 0 Å². The second kappa shape index (κ2) is 6.01. The molecule has 0 atom stereocenters. The van der Waals surface area contributed by atoms with Gasteiger partial charge in [-0.25, -0.2) is 8.42 Å². The Morgan fingerprint density at radius 1 is 1.28 bits per heavy atom. The zero-order valence-electron chi connectivity index (χ0n) is 9.60. The van der Waals surface area contributed by atoms with Crippen molar-refractivity contribution in [3.63, 3.8) is 0 Å². The van der Waals surface area contributed by atoms with Gasteiger partial charge in [-0.15, -0.1) is 11.6 Å². The van der Waals surface area contributed by atoms with Crippen molar-refractivity contribution in [1.82, 2.24) is 4.31 Å². The first kappa shape index (κ1) is 14.5. The highest BCUT2D eigenvalue weighted by Gasteiger charge is 2.26. The molecule has 0 amide bonds. The summed E-state index contributed by atoms with van der Waals surface area (Å²) < 4.78 is 26.3. The quantitative estimate of drug-likeness (QED) is 0.802. The molecular weight excluding hydrogens is 313 g/mol. The van der Waals surface area contributed by atoms with Gasteiger partial charge in [0, 0.05) is 35.5 Å². The number of thioether (sulfide) groups is 1. The topological polar surface area (TPSA) is 37.4 Å². The van der Waals surface area contributed by atoms with Crippen molar-refractivity contribution in [1.29, 1.82) is 0 Å². The van der Waals surface area contributed by atoms with Crippen LogP contribution in [0, 0.1) is 0 Å². The lowest BCUT2D eigenvalue weighted by Gasteiger charge is -2.25. The molecule has 18 heavy (non-hydrogen) atoms. The number of hydrogen-bond donors (Lipinski definition) is 0. The zero-order chi connectivity index (χ0) is 13.2. The highest BCUT2D eigenvalue weighted by atomic mass is 35.5. The average molecular weight is 326 g/mol. The molecule has 0 aromatic heterocycles. The van der Waals surface area contributed by atoms with E-state index in [4.69, 9.17) is 23.2 Å². The summed E-state index contributed by atoms with van der Waals surface area (Å²) in [7, 11) is -3.41. The molecule has 0 saturated carbocycles. The summed E-state index contributed by atoms with van der Waals surface area (Å²) in [5.41, 5.74) is 0.644. The van der Waals surface area contributed by atoms with E-state index in [1.54, 1.807) is 23.9 Å². The number of nitrogens with zero attached hydrogens (tertiary/aromatic N) is 1. The van der Waals surface area contributed by atoms with Crippen LogP contribution in [0.25, 0.3) is 0 Å². The summed E-state index contributed by atoms with van der Waals surface area (Å²) in [5, 5.41) is 0.498. The third-order valence-corrected chi connectivity index (χ3v) is 6.26. The summed E-state index contributed by atoms with van der Waals surface area (Å²) in [6.07, 6.45) is 0. The van der Waals surface area contributed by atoms with Gasteiger partial charge in [-0.2, -0.15) is 16.1 Å². The van der Waals surface area contributed by atoms with Crippen LogP contribution < -0.4 is 0 Å². The van der Waals surface area contributed by atoms with Crippen LogP contribution >= 0.6 is 35.0 Å². The first-order valence-electron chi connectivity index (χ1n) is 5.48. The van der Waals surface area contributed by atoms with Crippen LogP contribution in [0.15, 0.2) is 23.1 Å². The van der Waals surface area contributed by atoms with Crippen molar-refractivity contribution in [3.05, 3.63) is 28.8 Å². The van der Waals surface area contributed by atoms with Crippen LogP contribution in [0.1, 0.15) is 5.56 Å². The molecule has 1 aliphatic rings. The molecule has 1 aromatic carbocycles. The number of sulfonamides is 1. The van der Waals surface area contributed by atoms with E-state index >= 15 is 0 Å². The Bertz CT molecular complexity index is 528. The number of rotatable bonds is 3. The zero-order valence-corrected chi connectivity index (χ0v) is 12.7. The smallest absolute Gasteiger partial charge is 0.207 e. The molecule has 1 aliphatic heterocycles. The normalized spacial score (nSPS) is 17.9. The van der Waals surface area contributed by atoms with Gasteiger partial charge in [0.1, 0.15) is 0 Å². The Kier molecular flexibility index (Phi) is 4.83. The van der Waals surface area contributed by atoms with Gasteiger partial charge in [0.05, 0.1) is 4.90 Å². The second-order valence-corrected chi connectivity index (χ2v) is 7.74. The second-order valence-electron chi connectivity index (χ2n) is 3.90. The van der Waals surface area contributed by atoms with Crippen LogP contribution in [-0.4, -0.2) is 37.3 Å². The first-order chi connectivity index (χ1) is 8.55. The highest BCUT2D eigenvalue weighted by Crippen LogP contribution is 2.25. The molecule has 0 aliphatic carbocycles. The standard InChI is InChI=1S/C11H13Cl2NO2S2/c12-8-9-7-10(1-2-11(9)13)18(15,16)14-3-5-17-6-4-14/h1-2,7H,3-6,8H2. The minimum absolute atomic E-state index is 0.206. The van der Waals surface area contributed by atoms with Gasteiger partial charge in [0.25, 0.3) is 0 Å². The van der Waals surface area contributed by atoms with Crippen molar-refractivity contribution in [2.24, 2.45) is 0 Å². The number of benzene rings is 1. The Hall–Kier alpha value is 0.0600. The average Bonchev–Trinajstić information content (AvgIpc) is 2.40. The fourth-order valence-electron chi connectivity index (χ4n) is 1.75. The third kappa shape index (κ3) is 2.96. The molecule has 1 aromatic rings. The maximum atomic E-state index is 12.4. The Labute approximate surface area is 122 Å². The summed E-state index contributed by atoms with van der Waals surface area (Å²) in [4.78, 5) is 0.273. The van der Waals surface area contributed by atoms with Crippen molar-refractivity contribution in [2.75, 3.05) is 24.6 Å². The molecule has 0 spiro atoms. The maximum Gasteiger partial charge on any atom is 0.243 e. The molecule has 0 N–H and O–H groups in total. The van der Waals surface area contributed by atoms with Crippen LogP contribution in [0.2, 0.25) is 5.02 Å². The van der Waals surface area contributed by atoms with E-state index in [0.717, 1.165) is 11.5 Å². The van der Waals surface area contributed by atoms with E-state index in [2.05, 4.69) is 0 Å². The Balaban J connectivity index is 2.34. The van der Waals surface area contributed by atoms with E-state index in [1.807, 2.05) is 0 Å². The Morgan fingerprint density at radius 3 is 2.56 bits per heavy atom. The predicted octanol–water partition coefficient (Wildman–Crippen LogP) is 2.82. The largest absolute Gasteiger partial charge is 0.243 e. The highest BCUT2D eigenvalue weighted by molar-refractivity contribution is 7.99. The maximum absolute atomic E-state index is 12.4. The van der Waals surface area contributed by atoms with Crippen LogP contribution in [0.5, 0.6) is 0 Å². The lowest BCUT2D eigenvalue weighted by molar-refractivity contribution is 0.443. The van der Waals surface area contributed by atoms with Gasteiger partial charge in [0.15, 0.2) is 0 Å². The van der Waals surface area contributed by atoms with Gasteiger partial charge in [-0.3, -0.25) is 0 Å². The molecule has 0 radical (unpaired) electrons. The molecule has 1 heterocycles. The molecule has 1 saturated heterocycles.